The van der Waals surface area contributed by atoms with Crippen molar-refractivity contribution in [3.05, 3.63) is 52.8 Å². The number of aromatic nitrogens is 4. The Morgan fingerprint density at radius 3 is 2.78 bits per heavy atom. The molecule has 3 aromatic heterocycles. The first kappa shape index (κ1) is 21.3. The van der Waals surface area contributed by atoms with Crippen molar-refractivity contribution in [3.8, 4) is 22.6 Å². The van der Waals surface area contributed by atoms with Crippen molar-refractivity contribution in [1.82, 2.24) is 29.7 Å². The minimum absolute atomic E-state index is 0.114. The molecule has 0 saturated heterocycles. The SMILES string of the molecule is CCNC(=O)Nc1nc2c(-c3ncc(CN(C)C)o3)cc(-c3ccn(C)c(=O)c3)cc2[nH]1. The van der Waals surface area contributed by atoms with Gasteiger partial charge >= 0.3 is 6.03 Å². The van der Waals surface area contributed by atoms with Crippen LogP contribution in [0.3, 0.4) is 0 Å². The summed E-state index contributed by atoms with van der Waals surface area (Å²) in [4.78, 5) is 38.2. The summed E-state index contributed by atoms with van der Waals surface area (Å²) in [6.07, 6.45) is 3.41. The molecule has 0 radical (unpaired) electrons. The highest BCUT2D eigenvalue weighted by molar-refractivity contribution is 5.97. The van der Waals surface area contributed by atoms with Gasteiger partial charge in [-0.25, -0.2) is 14.8 Å². The van der Waals surface area contributed by atoms with Gasteiger partial charge in [-0.15, -0.1) is 0 Å². The Balaban J connectivity index is 1.85. The Kier molecular flexibility index (Phi) is 5.78. The van der Waals surface area contributed by atoms with Crippen LogP contribution in [0.5, 0.6) is 0 Å². The molecule has 1 aromatic carbocycles. The Bertz CT molecular complexity index is 1330. The molecular weight excluding hydrogens is 410 g/mol. The number of fused-ring (bicyclic) bond motifs is 1. The number of aromatic amines is 1. The van der Waals surface area contributed by atoms with Crippen molar-refractivity contribution in [1.29, 1.82) is 0 Å². The summed E-state index contributed by atoms with van der Waals surface area (Å²) in [5.41, 5.74) is 3.37. The van der Waals surface area contributed by atoms with Gasteiger partial charge in [0.05, 0.1) is 23.8 Å². The van der Waals surface area contributed by atoms with Gasteiger partial charge in [0.2, 0.25) is 11.8 Å². The normalized spacial score (nSPS) is 11.3. The molecule has 10 heteroatoms. The maximum absolute atomic E-state index is 12.2. The van der Waals surface area contributed by atoms with Crippen molar-refractivity contribution in [3.63, 3.8) is 0 Å². The van der Waals surface area contributed by atoms with Crippen LogP contribution in [-0.2, 0) is 13.6 Å². The zero-order chi connectivity index (χ0) is 22.8. The van der Waals surface area contributed by atoms with Gasteiger partial charge in [0.1, 0.15) is 11.3 Å². The Labute approximate surface area is 184 Å². The number of hydrogen-bond donors (Lipinski definition) is 3. The summed E-state index contributed by atoms with van der Waals surface area (Å²) in [5.74, 6) is 1.43. The summed E-state index contributed by atoms with van der Waals surface area (Å²) in [5, 5.41) is 5.36. The monoisotopic (exact) mass is 435 g/mol. The van der Waals surface area contributed by atoms with Crippen LogP contribution in [0.25, 0.3) is 33.6 Å². The molecule has 4 rings (SSSR count). The molecule has 3 N–H and O–H groups in total. The molecule has 0 aliphatic carbocycles. The Hall–Kier alpha value is -3.92. The van der Waals surface area contributed by atoms with Crippen LogP contribution in [0.15, 0.2) is 45.9 Å². The average molecular weight is 435 g/mol. The van der Waals surface area contributed by atoms with Gasteiger partial charge in [0, 0.05) is 25.9 Å². The van der Waals surface area contributed by atoms with E-state index < -0.39 is 0 Å². The first-order valence-electron chi connectivity index (χ1n) is 10.2. The van der Waals surface area contributed by atoms with Crippen molar-refractivity contribution in [2.45, 2.75) is 13.5 Å². The summed E-state index contributed by atoms with van der Waals surface area (Å²) in [6.45, 7) is 2.94. The molecule has 0 spiro atoms. The third kappa shape index (κ3) is 4.40. The lowest BCUT2D eigenvalue weighted by Crippen LogP contribution is -2.28. The Morgan fingerprint density at radius 2 is 2.06 bits per heavy atom. The lowest BCUT2D eigenvalue weighted by molar-refractivity contribution is 0.252. The van der Waals surface area contributed by atoms with Gasteiger partial charge in [-0.05, 0) is 50.3 Å². The predicted octanol–water partition coefficient (Wildman–Crippen LogP) is 2.79. The van der Waals surface area contributed by atoms with E-state index in [9.17, 15) is 9.59 Å². The van der Waals surface area contributed by atoms with Crippen molar-refractivity contribution in [2.24, 2.45) is 7.05 Å². The molecule has 0 fully saturated rings. The molecule has 166 valence electrons. The second-order valence-corrected chi connectivity index (χ2v) is 7.72. The van der Waals surface area contributed by atoms with Crippen LogP contribution in [-0.4, -0.2) is 51.1 Å². The molecule has 0 bridgehead atoms. The molecule has 0 atom stereocenters. The number of carbonyl (C=O) groups excluding carboxylic acids is 1. The highest BCUT2D eigenvalue weighted by Crippen LogP contribution is 2.33. The minimum Gasteiger partial charge on any atom is -0.440 e. The number of H-pyrrole nitrogens is 1. The first-order chi connectivity index (χ1) is 15.3. The molecule has 0 aliphatic rings. The number of imidazole rings is 1. The summed E-state index contributed by atoms with van der Waals surface area (Å²) in [7, 11) is 5.60. The van der Waals surface area contributed by atoms with E-state index in [0.29, 0.717) is 47.3 Å². The number of amides is 2. The molecular formula is C22H25N7O3. The smallest absolute Gasteiger partial charge is 0.321 e. The van der Waals surface area contributed by atoms with E-state index in [1.807, 2.05) is 44.1 Å². The van der Waals surface area contributed by atoms with Crippen LogP contribution < -0.4 is 16.2 Å². The minimum atomic E-state index is -0.357. The van der Waals surface area contributed by atoms with Crippen molar-refractivity contribution in [2.75, 3.05) is 26.0 Å². The average Bonchev–Trinajstić information content (AvgIpc) is 3.35. The van der Waals surface area contributed by atoms with E-state index in [-0.39, 0.29) is 11.6 Å². The number of pyridine rings is 1. The van der Waals surface area contributed by atoms with Crippen LogP contribution in [0.2, 0.25) is 0 Å². The second kappa shape index (κ2) is 8.67. The number of oxazole rings is 1. The summed E-state index contributed by atoms with van der Waals surface area (Å²) >= 11 is 0. The third-order valence-electron chi connectivity index (χ3n) is 4.85. The molecule has 2 amide bonds. The number of nitrogens with one attached hydrogen (secondary N) is 3. The number of carbonyl (C=O) groups is 1. The number of anilines is 1. The van der Waals surface area contributed by atoms with Gasteiger partial charge < -0.3 is 24.2 Å². The molecule has 4 aromatic rings. The van der Waals surface area contributed by atoms with E-state index >= 15 is 0 Å². The van der Waals surface area contributed by atoms with Crippen molar-refractivity contribution < 1.29 is 9.21 Å². The number of benzene rings is 1. The van der Waals surface area contributed by atoms with E-state index in [0.717, 1.165) is 11.1 Å². The standard InChI is InChI=1S/C22H25N7O3/c1-5-23-22(31)27-21-25-17-9-14(13-6-7-29(4)18(30)10-13)8-16(19(17)26-21)20-24-11-15(32-20)12-28(2)3/h6-11H,5,12H2,1-4H3,(H3,23,25,26,27,31). The van der Waals surface area contributed by atoms with E-state index in [2.05, 4.69) is 25.6 Å². The van der Waals surface area contributed by atoms with Gasteiger partial charge in [-0.1, -0.05) is 0 Å². The van der Waals surface area contributed by atoms with Crippen LogP contribution in [0.1, 0.15) is 12.7 Å². The number of urea groups is 1. The van der Waals surface area contributed by atoms with Crippen molar-refractivity contribution >= 4 is 23.0 Å². The maximum Gasteiger partial charge on any atom is 0.321 e. The lowest BCUT2D eigenvalue weighted by Gasteiger charge is -2.07. The largest absolute Gasteiger partial charge is 0.440 e. The van der Waals surface area contributed by atoms with Gasteiger partial charge in [-0.2, -0.15) is 0 Å². The number of nitrogens with zero attached hydrogens (tertiary/aromatic N) is 4. The predicted molar refractivity (Wildman–Crippen MR) is 122 cm³/mol. The topological polar surface area (TPSA) is 121 Å². The fourth-order valence-electron chi connectivity index (χ4n) is 3.36. The van der Waals surface area contributed by atoms with Crippen LogP contribution in [0, 0.1) is 0 Å². The summed E-state index contributed by atoms with van der Waals surface area (Å²) in [6, 6.07) is 6.85. The van der Waals surface area contributed by atoms with Gasteiger partial charge in [0.25, 0.3) is 5.56 Å². The molecule has 3 heterocycles. The van der Waals surface area contributed by atoms with Gasteiger partial charge in [0.15, 0.2) is 0 Å². The highest BCUT2D eigenvalue weighted by Gasteiger charge is 2.18. The molecule has 0 unspecified atom stereocenters. The fraction of sp³-hybridized carbons (Fsp3) is 0.273. The number of hydrogen-bond acceptors (Lipinski definition) is 6. The number of aryl methyl sites for hydroxylation is 1. The zero-order valence-corrected chi connectivity index (χ0v) is 18.4. The first-order valence-corrected chi connectivity index (χ1v) is 10.2. The molecule has 0 aliphatic heterocycles. The number of rotatable bonds is 6. The molecule has 0 saturated carbocycles. The molecule has 32 heavy (non-hydrogen) atoms. The maximum atomic E-state index is 12.2. The quantitative estimate of drug-likeness (QED) is 0.428. The van der Waals surface area contributed by atoms with Gasteiger partial charge in [-0.3, -0.25) is 10.1 Å². The van der Waals surface area contributed by atoms with Crippen LogP contribution >= 0.6 is 0 Å². The van der Waals surface area contributed by atoms with Crippen LogP contribution in [0.4, 0.5) is 10.7 Å². The highest BCUT2D eigenvalue weighted by atomic mass is 16.4. The zero-order valence-electron chi connectivity index (χ0n) is 18.4. The molecule has 10 nitrogen and oxygen atoms in total. The fourth-order valence-corrected chi connectivity index (χ4v) is 3.36. The van der Waals surface area contributed by atoms with E-state index in [1.54, 1.807) is 25.5 Å². The second-order valence-electron chi connectivity index (χ2n) is 7.72. The summed E-state index contributed by atoms with van der Waals surface area (Å²) < 4.78 is 7.49. The Morgan fingerprint density at radius 1 is 1.25 bits per heavy atom. The lowest BCUT2D eigenvalue weighted by atomic mass is 10.0. The van der Waals surface area contributed by atoms with E-state index in [1.165, 1.54) is 4.57 Å². The third-order valence-corrected chi connectivity index (χ3v) is 4.85. The van der Waals surface area contributed by atoms with E-state index in [4.69, 9.17) is 4.42 Å².